The minimum absolute atomic E-state index is 0.105. The van der Waals surface area contributed by atoms with E-state index in [9.17, 15) is 18.0 Å². The maximum atomic E-state index is 14.8. The van der Waals surface area contributed by atoms with Gasteiger partial charge in [0.1, 0.15) is 40.5 Å². The van der Waals surface area contributed by atoms with E-state index in [1.165, 1.54) is 24.8 Å². The lowest BCUT2D eigenvalue weighted by atomic mass is 10.1. The molecule has 0 fully saturated rings. The van der Waals surface area contributed by atoms with E-state index < -0.39 is 29.1 Å². The van der Waals surface area contributed by atoms with Gasteiger partial charge in [-0.05, 0) is 30.7 Å². The zero-order valence-electron chi connectivity index (χ0n) is 17.2. The predicted molar refractivity (Wildman–Crippen MR) is 116 cm³/mol. The number of halogens is 3. The van der Waals surface area contributed by atoms with Crippen LogP contribution in [0.25, 0.3) is 27.8 Å². The van der Waals surface area contributed by atoms with Gasteiger partial charge in [-0.1, -0.05) is 13.0 Å². The molecular formula is C22H16F3N7O. The van der Waals surface area contributed by atoms with Gasteiger partial charge in [0, 0.05) is 6.07 Å². The van der Waals surface area contributed by atoms with E-state index in [0.717, 1.165) is 22.8 Å². The number of imidazole rings is 1. The molecule has 0 saturated carbocycles. The zero-order valence-corrected chi connectivity index (χ0v) is 17.2. The standard InChI is InChI=1S/C22H16F3N7O/c1-2-14(30-20-18-19(27-9-26-18)28-10-29-20)21-31-15-5-3-4-12(24)17(15)22(33)32(21)16-7-6-11(23)8-13(16)25/h3-10,14H,2H2,1H3,(H2,26,27,28,29,30)/t14-/m1/s1. The van der Waals surface area contributed by atoms with Crippen molar-refractivity contribution in [2.24, 2.45) is 0 Å². The van der Waals surface area contributed by atoms with Crippen LogP contribution in [0, 0.1) is 17.5 Å². The first-order chi connectivity index (χ1) is 16.0. The van der Waals surface area contributed by atoms with Crippen LogP contribution in [0.2, 0.25) is 0 Å². The molecule has 0 amide bonds. The molecule has 0 bridgehead atoms. The molecular weight excluding hydrogens is 435 g/mol. The Balaban J connectivity index is 1.77. The summed E-state index contributed by atoms with van der Waals surface area (Å²) in [6, 6.07) is 6.19. The predicted octanol–water partition coefficient (Wildman–Crippen LogP) is 4.03. The number of nitrogens with zero attached hydrogens (tertiary/aromatic N) is 5. The van der Waals surface area contributed by atoms with Gasteiger partial charge in [0.05, 0.1) is 23.6 Å². The van der Waals surface area contributed by atoms with Crippen molar-refractivity contribution in [1.82, 2.24) is 29.5 Å². The molecule has 0 saturated heterocycles. The second-order valence-electron chi connectivity index (χ2n) is 7.27. The van der Waals surface area contributed by atoms with Crippen molar-refractivity contribution < 1.29 is 13.2 Å². The number of aromatic amines is 1. The van der Waals surface area contributed by atoms with Crippen molar-refractivity contribution in [2.75, 3.05) is 5.32 Å². The Bertz CT molecular complexity index is 1560. The summed E-state index contributed by atoms with van der Waals surface area (Å²) in [6.45, 7) is 1.83. The second-order valence-corrected chi connectivity index (χ2v) is 7.27. The maximum absolute atomic E-state index is 14.8. The van der Waals surface area contributed by atoms with Crippen molar-refractivity contribution in [3.05, 3.63) is 82.7 Å². The summed E-state index contributed by atoms with van der Waals surface area (Å²) in [5.41, 5.74) is 0.0116. The third-order valence-electron chi connectivity index (χ3n) is 5.27. The third kappa shape index (κ3) is 3.47. The molecule has 0 aliphatic rings. The van der Waals surface area contributed by atoms with Gasteiger partial charge in [-0.25, -0.2) is 33.1 Å². The number of nitrogens with one attached hydrogen (secondary N) is 2. The Hall–Kier alpha value is -4.28. The molecule has 5 rings (SSSR count). The fraction of sp³-hybridized carbons (Fsp3) is 0.136. The summed E-state index contributed by atoms with van der Waals surface area (Å²) >= 11 is 0. The lowest BCUT2D eigenvalue weighted by Crippen LogP contribution is -2.29. The molecule has 0 radical (unpaired) electrons. The summed E-state index contributed by atoms with van der Waals surface area (Å²) in [5, 5.41) is 2.88. The van der Waals surface area contributed by atoms with E-state index in [0.29, 0.717) is 29.5 Å². The van der Waals surface area contributed by atoms with Crippen LogP contribution in [0.5, 0.6) is 0 Å². The summed E-state index contributed by atoms with van der Waals surface area (Å²) in [4.78, 5) is 33.3. The van der Waals surface area contributed by atoms with Crippen LogP contribution >= 0.6 is 0 Å². The molecule has 2 N–H and O–H groups in total. The highest BCUT2D eigenvalue weighted by molar-refractivity contribution is 5.82. The van der Waals surface area contributed by atoms with Gasteiger partial charge in [0.15, 0.2) is 11.5 Å². The topological polar surface area (TPSA) is 101 Å². The fourth-order valence-electron chi connectivity index (χ4n) is 3.72. The zero-order chi connectivity index (χ0) is 23.1. The number of rotatable bonds is 5. The van der Waals surface area contributed by atoms with Crippen LogP contribution in [0.3, 0.4) is 0 Å². The van der Waals surface area contributed by atoms with Gasteiger partial charge in [0.2, 0.25) is 0 Å². The van der Waals surface area contributed by atoms with Crippen LogP contribution in [0.1, 0.15) is 25.2 Å². The monoisotopic (exact) mass is 451 g/mol. The average molecular weight is 451 g/mol. The SMILES string of the molecule is CC[C@@H](Nc1ncnc2[nH]cnc12)c1nc2cccc(F)c2c(=O)n1-c1ccc(F)cc1F. The van der Waals surface area contributed by atoms with Gasteiger partial charge in [-0.2, -0.15) is 0 Å². The molecule has 0 aliphatic carbocycles. The smallest absolute Gasteiger partial charge is 0.269 e. The highest BCUT2D eigenvalue weighted by Crippen LogP contribution is 2.27. The Labute approximate surface area is 184 Å². The van der Waals surface area contributed by atoms with Crippen molar-refractivity contribution in [1.29, 1.82) is 0 Å². The Morgan fingerprint density at radius 2 is 1.94 bits per heavy atom. The van der Waals surface area contributed by atoms with Gasteiger partial charge in [-0.15, -0.1) is 0 Å². The van der Waals surface area contributed by atoms with Crippen LogP contribution in [0.15, 0.2) is 53.8 Å². The van der Waals surface area contributed by atoms with E-state index in [2.05, 4.69) is 30.2 Å². The van der Waals surface area contributed by atoms with E-state index >= 15 is 0 Å². The number of hydrogen-bond donors (Lipinski definition) is 2. The van der Waals surface area contributed by atoms with E-state index in [4.69, 9.17) is 0 Å². The molecule has 1 atom stereocenters. The van der Waals surface area contributed by atoms with Crippen LogP contribution in [0.4, 0.5) is 19.0 Å². The average Bonchev–Trinajstić information content (AvgIpc) is 3.28. The first kappa shape index (κ1) is 20.6. The Morgan fingerprint density at radius 1 is 1.09 bits per heavy atom. The number of anilines is 1. The third-order valence-corrected chi connectivity index (χ3v) is 5.27. The van der Waals surface area contributed by atoms with E-state index in [1.807, 2.05) is 6.92 Å². The van der Waals surface area contributed by atoms with Gasteiger partial charge >= 0.3 is 0 Å². The van der Waals surface area contributed by atoms with E-state index in [-0.39, 0.29) is 22.4 Å². The Morgan fingerprint density at radius 3 is 2.73 bits per heavy atom. The number of fused-ring (bicyclic) bond motifs is 2. The molecule has 0 unspecified atom stereocenters. The minimum Gasteiger partial charge on any atom is -0.358 e. The van der Waals surface area contributed by atoms with Crippen LogP contribution < -0.4 is 10.9 Å². The van der Waals surface area contributed by atoms with Crippen molar-refractivity contribution in [2.45, 2.75) is 19.4 Å². The summed E-state index contributed by atoms with van der Waals surface area (Å²) in [6.07, 6.45) is 3.20. The Kier molecular flexibility index (Phi) is 5.00. The first-order valence-electron chi connectivity index (χ1n) is 10.0. The highest BCUT2D eigenvalue weighted by atomic mass is 19.1. The normalized spacial score (nSPS) is 12.4. The molecule has 11 heteroatoms. The fourth-order valence-corrected chi connectivity index (χ4v) is 3.72. The van der Waals surface area contributed by atoms with Gasteiger partial charge < -0.3 is 10.3 Å². The van der Waals surface area contributed by atoms with Crippen molar-refractivity contribution >= 4 is 27.9 Å². The number of hydrogen-bond acceptors (Lipinski definition) is 6. The highest BCUT2D eigenvalue weighted by Gasteiger charge is 2.24. The number of aromatic nitrogens is 6. The number of H-pyrrole nitrogens is 1. The molecule has 8 nitrogen and oxygen atoms in total. The molecule has 5 aromatic rings. The maximum Gasteiger partial charge on any atom is 0.269 e. The quantitative estimate of drug-likeness (QED) is 0.418. The van der Waals surface area contributed by atoms with Crippen molar-refractivity contribution in [3.8, 4) is 5.69 Å². The summed E-state index contributed by atoms with van der Waals surface area (Å²) < 4.78 is 43.9. The van der Waals surface area contributed by atoms with Gasteiger partial charge in [-0.3, -0.25) is 9.36 Å². The molecule has 166 valence electrons. The lowest BCUT2D eigenvalue weighted by molar-refractivity contribution is 0.568. The summed E-state index contributed by atoms with van der Waals surface area (Å²) in [7, 11) is 0. The van der Waals surface area contributed by atoms with Crippen LogP contribution in [-0.2, 0) is 0 Å². The first-order valence-corrected chi connectivity index (χ1v) is 10.0. The molecule has 2 aromatic carbocycles. The van der Waals surface area contributed by atoms with E-state index in [1.54, 1.807) is 0 Å². The largest absolute Gasteiger partial charge is 0.358 e. The van der Waals surface area contributed by atoms with Gasteiger partial charge in [0.25, 0.3) is 5.56 Å². The number of benzene rings is 2. The molecule has 0 aliphatic heterocycles. The minimum atomic E-state index is -0.984. The van der Waals surface area contributed by atoms with Crippen LogP contribution in [-0.4, -0.2) is 29.5 Å². The summed E-state index contributed by atoms with van der Waals surface area (Å²) in [5.74, 6) is -2.11. The molecule has 0 spiro atoms. The molecule has 3 aromatic heterocycles. The molecule has 3 heterocycles. The second kappa shape index (κ2) is 8.01. The van der Waals surface area contributed by atoms with Crippen molar-refractivity contribution in [3.63, 3.8) is 0 Å². The molecule has 33 heavy (non-hydrogen) atoms. The lowest BCUT2D eigenvalue weighted by Gasteiger charge is -2.22.